The van der Waals surface area contributed by atoms with Gasteiger partial charge in [0.1, 0.15) is 0 Å². The molecule has 3 saturated heterocycles. The van der Waals surface area contributed by atoms with Crippen molar-refractivity contribution in [2.24, 2.45) is 0 Å². The number of piperazine rings is 3. The van der Waals surface area contributed by atoms with Crippen LogP contribution in [0.3, 0.4) is 0 Å². The van der Waals surface area contributed by atoms with E-state index in [-0.39, 0.29) is 0 Å². The molecule has 0 amide bonds. The number of rotatable bonds is 4. The van der Waals surface area contributed by atoms with Crippen molar-refractivity contribution in [3.8, 4) is 0 Å². The maximum Gasteiger partial charge on any atom is 0.0380 e. The second kappa shape index (κ2) is 5.69. The minimum atomic E-state index is 0.547. The van der Waals surface area contributed by atoms with E-state index in [2.05, 4.69) is 51.8 Å². The zero-order valence-corrected chi connectivity index (χ0v) is 13.4. The highest BCUT2D eigenvalue weighted by molar-refractivity contribution is 7.17. The molecule has 1 aromatic heterocycles. The van der Waals surface area contributed by atoms with Crippen molar-refractivity contribution in [3.05, 3.63) is 35.2 Å². The summed E-state index contributed by atoms with van der Waals surface area (Å²) in [6, 6.07) is 10.0. The van der Waals surface area contributed by atoms with Gasteiger partial charge in [-0.1, -0.05) is 18.2 Å². The summed E-state index contributed by atoms with van der Waals surface area (Å²) < 4.78 is 1.41. The Bertz CT molecular complexity index is 615. The number of thiophene rings is 1. The van der Waals surface area contributed by atoms with Gasteiger partial charge in [0, 0.05) is 49.5 Å². The summed E-state index contributed by atoms with van der Waals surface area (Å²) in [7, 11) is 2.12. The second-order valence-corrected chi connectivity index (χ2v) is 7.17. The van der Waals surface area contributed by atoms with Crippen LogP contribution in [0.15, 0.2) is 29.6 Å². The van der Waals surface area contributed by atoms with E-state index in [0.29, 0.717) is 12.1 Å². The summed E-state index contributed by atoms with van der Waals surface area (Å²) >= 11 is 1.88. The number of benzene rings is 1. The molecule has 2 bridgehead atoms. The first-order chi connectivity index (χ1) is 10.3. The number of fused-ring (bicyclic) bond motifs is 4. The van der Waals surface area contributed by atoms with Crippen LogP contribution in [-0.2, 0) is 6.42 Å². The molecule has 4 heterocycles. The van der Waals surface area contributed by atoms with Gasteiger partial charge in [-0.3, -0.25) is 9.80 Å². The lowest BCUT2D eigenvalue weighted by molar-refractivity contribution is -0.00196. The summed E-state index contributed by atoms with van der Waals surface area (Å²) in [4.78, 5) is 5.32. The molecule has 4 heteroatoms. The molecule has 112 valence electrons. The van der Waals surface area contributed by atoms with Crippen LogP contribution < -0.4 is 5.32 Å². The van der Waals surface area contributed by atoms with E-state index >= 15 is 0 Å². The van der Waals surface area contributed by atoms with Crippen LogP contribution >= 0.6 is 11.3 Å². The van der Waals surface area contributed by atoms with Crippen molar-refractivity contribution in [2.45, 2.75) is 18.5 Å². The third-order valence-corrected chi connectivity index (χ3v) is 6.17. The van der Waals surface area contributed by atoms with E-state index in [0.717, 1.165) is 6.42 Å². The first-order valence-corrected chi connectivity index (χ1v) is 8.82. The highest BCUT2D eigenvalue weighted by Gasteiger charge is 2.36. The maximum absolute atomic E-state index is 3.60. The van der Waals surface area contributed by atoms with Crippen molar-refractivity contribution in [2.75, 3.05) is 39.8 Å². The Hall–Kier alpha value is -0.940. The lowest BCUT2D eigenvalue weighted by atomic mass is 9.94. The minimum absolute atomic E-state index is 0.547. The third kappa shape index (κ3) is 2.50. The summed E-state index contributed by atoms with van der Waals surface area (Å²) in [5.74, 6) is 0. The van der Waals surface area contributed by atoms with Crippen LogP contribution in [0.25, 0.3) is 10.1 Å². The third-order valence-electron chi connectivity index (χ3n) is 5.16. The Kier molecular flexibility index (Phi) is 3.71. The minimum Gasteiger partial charge on any atom is -0.315 e. The quantitative estimate of drug-likeness (QED) is 0.932. The standard InChI is InChI=1S/C17H23N3S/c1-18-15(16-11-19-6-8-20(16)9-7-19)10-13-12-21-17-5-3-2-4-14(13)17/h2-5,12,15-16,18H,6-11H2,1H3. The Labute approximate surface area is 130 Å². The molecule has 2 atom stereocenters. The van der Waals surface area contributed by atoms with Crippen LogP contribution in [0.5, 0.6) is 0 Å². The predicted octanol–water partition coefficient (Wildman–Crippen LogP) is 2.03. The molecule has 5 rings (SSSR count). The normalized spacial score (nSPS) is 29.9. The maximum atomic E-state index is 3.60. The van der Waals surface area contributed by atoms with E-state index < -0.39 is 0 Å². The van der Waals surface area contributed by atoms with Gasteiger partial charge in [-0.05, 0) is 35.9 Å². The fraction of sp³-hybridized carbons (Fsp3) is 0.529. The molecule has 21 heavy (non-hydrogen) atoms. The van der Waals surface area contributed by atoms with Crippen LogP contribution in [0, 0.1) is 0 Å². The molecular weight excluding hydrogens is 278 g/mol. The average molecular weight is 301 g/mol. The molecule has 0 spiro atoms. The number of nitrogens with one attached hydrogen (secondary N) is 1. The lowest BCUT2D eigenvalue weighted by Crippen LogP contribution is -2.66. The average Bonchev–Trinajstić information content (AvgIpc) is 2.97. The summed E-state index contributed by atoms with van der Waals surface area (Å²) in [5, 5.41) is 7.39. The summed E-state index contributed by atoms with van der Waals surface area (Å²) in [5.41, 5.74) is 1.51. The Morgan fingerprint density at radius 2 is 2.05 bits per heavy atom. The van der Waals surface area contributed by atoms with E-state index in [4.69, 9.17) is 0 Å². The smallest absolute Gasteiger partial charge is 0.0380 e. The number of hydrogen-bond donors (Lipinski definition) is 1. The molecule has 3 fully saturated rings. The van der Waals surface area contributed by atoms with E-state index in [9.17, 15) is 0 Å². The summed E-state index contributed by atoms with van der Waals surface area (Å²) in [6.45, 7) is 6.23. The molecule has 0 radical (unpaired) electrons. The van der Waals surface area contributed by atoms with Crippen molar-refractivity contribution >= 4 is 21.4 Å². The monoisotopic (exact) mass is 301 g/mol. The zero-order chi connectivity index (χ0) is 14.2. The van der Waals surface area contributed by atoms with Gasteiger partial charge in [0.15, 0.2) is 0 Å². The van der Waals surface area contributed by atoms with Crippen molar-refractivity contribution in [1.82, 2.24) is 15.1 Å². The van der Waals surface area contributed by atoms with Crippen molar-refractivity contribution < 1.29 is 0 Å². The van der Waals surface area contributed by atoms with Gasteiger partial charge < -0.3 is 5.32 Å². The van der Waals surface area contributed by atoms with E-state index in [1.807, 2.05) is 11.3 Å². The molecule has 1 N–H and O–H groups in total. The molecule has 0 aliphatic carbocycles. The van der Waals surface area contributed by atoms with Gasteiger partial charge >= 0.3 is 0 Å². The van der Waals surface area contributed by atoms with Crippen molar-refractivity contribution in [1.29, 1.82) is 0 Å². The molecule has 0 saturated carbocycles. The number of likely N-dealkylation sites (N-methyl/N-ethyl adjacent to an activating group) is 1. The van der Waals surface area contributed by atoms with Gasteiger partial charge in [-0.2, -0.15) is 0 Å². The van der Waals surface area contributed by atoms with Crippen molar-refractivity contribution in [3.63, 3.8) is 0 Å². The Morgan fingerprint density at radius 1 is 1.24 bits per heavy atom. The molecule has 3 nitrogen and oxygen atoms in total. The SMILES string of the molecule is CNC(Cc1csc2ccccc12)C1CN2CCN1CC2. The van der Waals surface area contributed by atoms with Crippen LogP contribution in [0.2, 0.25) is 0 Å². The topological polar surface area (TPSA) is 18.5 Å². The summed E-state index contributed by atoms with van der Waals surface area (Å²) in [6.07, 6.45) is 1.13. The van der Waals surface area contributed by atoms with E-state index in [1.165, 1.54) is 48.4 Å². The molecule has 2 unspecified atom stereocenters. The van der Waals surface area contributed by atoms with Gasteiger partial charge in [0.05, 0.1) is 0 Å². The zero-order valence-electron chi connectivity index (χ0n) is 12.6. The van der Waals surface area contributed by atoms with Crippen LogP contribution in [0.1, 0.15) is 5.56 Å². The number of hydrogen-bond acceptors (Lipinski definition) is 4. The largest absolute Gasteiger partial charge is 0.315 e. The first kappa shape index (κ1) is 13.7. The highest BCUT2D eigenvalue weighted by Crippen LogP contribution is 2.28. The van der Waals surface area contributed by atoms with Gasteiger partial charge in [0.25, 0.3) is 0 Å². The Balaban J connectivity index is 1.56. The second-order valence-electron chi connectivity index (χ2n) is 6.26. The van der Waals surface area contributed by atoms with Crippen LogP contribution in [0.4, 0.5) is 0 Å². The molecule has 1 aromatic carbocycles. The fourth-order valence-electron chi connectivity index (χ4n) is 3.90. The fourth-order valence-corrected chi connectivity index (χ4v) is 4.87. The van der Waals surface area contributed by atoms with Gasteiger partial charge in [-0.15, -0.1) is 11.3 Å². The molecule has 3 aliphatic heterocycles. The molecule has 2 aromatic rings. The van der Waals surface area contributed by atoms with E-state index in [1.54, 1.807) is 0 Å². The van der Waals surface area contributed by atoms with Gasteiger partial charge in [0.2, 0.25) is 0 Å². The predicted molar refractivity (Wildman–Crippen MR) is 90.2 cm³/mol. The Morgan fingerprint density at radius 3 is 2.76 bits per heavy atom. The van der Waals surface area contributed by atoms with Gasteiger partial charge in [-0.25, -0.2) is 0 Å². The highest BCUT2D eigenvalue weighted by atomic mass is 32.1. The molecular formula is C17H23N3S. The van der Waals surface area contributed by atoms with Crippen LogP contribution in [-0.4, -0.2) is 61.7 Å². The molecule has 3 aliphatic rings. The first-order valence-electron chi connectivity index (χ1n) is 7.94. The number of nitrogens with zero attached hydrogens (tertiary/aromatic N) is 2. The lowest BCUT2D eigenvalue weighted by Gasteiger charge is -2.50.